The van der Waals surface area contributed by atoms with Crippen LogP contribution in [0.3, 0.4) is 0 Å². The lowest BCUT2D eigenvalue weighted by molar-refractivity contribution is 0.0950. The van der Waals surface area contributed by atoms with Crippen molar-refractivity contribution >= 4 is 17.5 Å². The van der Waals surface area contributed by atoms with Crippen LogP contribution in [-0.4, -0.2) is 36.5 Å². The fourth-order valence-corrected chi connectivity index (χ4v) is 2.77. The third-order valence-corrected chi connectivity index (χ3v) is 4.25. The number of hydrogen-bond donors (Lipinski definition) is 2. The molecule has 0 unspecified atom stereocenters. The zero-order chi connectivity index (χ0) is 20.8. The van der Waals surface area contributed by atoms with E-state index >= 15 is 0 Å². The van der Waals surface area contributed by atoms with Crippen molar-refractivity contribution in [2.45, 2.75) is 6.54 Å². The van der Waals surface area contributed by atoms with Crippen molar-refractivity contribution in [2.75, 3.05) is 5.32 Å². The summed E-state index contributed by atoms with van der Waals surface area (Å²) in [5.41, 5.74) is 2.16. The molecule has 2 amide bonds. The first-order chi connectivity index (χ1) is 14.7. The Hall–Kier alpha value is -4.40. The van der Waals surface area contributed by atoms with E-state index in [2.05, 4.69) is 30.7 Å². The SMILES string of the molecule is O=C(NCc1cccnc1-n1cncn1)c1ccc(NC(=O)c2ccccn2)cc1. The molecule has 2 N–H and O–H groups in total. The third kappa shape index (κ3) is 4.36. The average molecular weight is 399 g/mol. The van der Waals surface area contributed by atoms with Crippen molar-refractivity contribution < 1.29 is 9.59 Å². The Balaban J connectivity index is 1.39. The molecule has 0 fully saturated rings. The van der Waals surface area contributed by atoms with Crippen LogP contribution >= 0.6 is 0 Å². The van der Waals surface area contributed by atoms with Crippen LogP contribution in [0.2, 0.25) is 0 Å². The predicted octanol–water partition coefficient (Wildman–Crippen LogP) is 2.24. The zero-order valence-electron chi connectivity index (χ0n) is 15.8. The summed E-state index contributed by atoms with van der Waals surface area (Å²) in [5.74, 6) is 0.0406. The summed E-state index contributed by atoms with van der Waals surface area (Å²) in [6, 6.07) is 15.4. The standard InChI is InChI=1S/C21H17N7O2/c29-20(25-12-16-4-3-11-24-19(16)28-14-22-13-26-28)15-6-8-17(9-7-15)27-21(30)18-5-1-2-10-23-18/h1-11,13-14H,12H2,(H,25,29)(H,27,30). The monoisotopic (exact) mass is 399 g/mol. The van der Waals surface area contributed by atoms with Gasteiger partial charge in [0, 0.05) is 35.8 Å². The van der Waals surface area contributed by atoms with Gasteiger partial charge in [0.15, 0.2) is 5.82 Å². The fraction of sp³-hybridized carbons (Fsp3) is 0.0476. The van der Waals surface area contributed by atoms with Crippen molar-refractivity contribution in [1.29, 1.82) is 0 Å². The van der Waals surface area contributed by atoms with E-state index in [4.69, 9.17) is 0 Å². The molecule has 0 atom stereocenters. The van der Waals surface area contributed by atoms with Gasteiger partial charge in [0.05, 0.1) is 0 Å². The highest BCUT2D eigenvalue weighted by Crippen LogP contribution is 2.12. The molecule has 9 nitrogen and oxygen atoms in total. The van der Waals surface area contributed by atoms with Crippen LogP contribution < -0.4 is 10.6 Å². The van der Waals surface area contributed by atoms with E-state index in [-0.39, 0.29) is 18.4 Å². The van der Waals surface area contributed by atoms with Crippen LogP contribution in [0.4, 0.5) is 5.69 Å². The first-order valence-corrected chi connectivity index (χ1v) is 9.10. The van der Waals surface area contributed by atoms with E-state index in [1.54, 1.807) is 71.9 Å². The van der Waals surface area contributed by atoms with Crippen LogP contribution in [0.15, 0.2) is 79.6 Å². The highest BCUT2D eigenvalue weighted by molar-refractivity contribution is 6.03. The van der Waals surface area contributed by atoms with Crippen LogP contribution in [0, 0.1) is 0 Å². The molecule has 1 aromatic carbocycles. The van der Waals surface area contributed by atoms with Crippen molar-refractivity contribution in [3.63, 3.8) is 0 Å². The van der Waals surface area contributed by atoms with Crippen LogP contribution in [0.5, 0.6) is 0 Å². The highest BCUT2D eigenvalue weighted by Gasteiger charge is 2.11. The lowest BCUT2D eigenvalue weighted by atomic mass is 10.1. The van der Waals surface area contributed by atoms with E-state index < -0.39 is 0 Å². The maximum Gasteiger partial charge on any atom is 0.274 e. The van der Waals surface area contributed by atoms with Gasteiger partial charge in [-0.1, -0.05) is 12.1 Å². The molecule has 0 saturated heterocycles. The summed E-state index contributed by atoms with van der Waals surface area (Å²) in [7, 11) is 0. The van der Waals surface area contributed by atoms with Crippen LogP contribution in [-0.2, 0) is 6.54 Å². The van der Waals surface area contributed by atoms with Crippen molar-refractivity contribution in [2.24, 2.45) is 0 Å². The summed E-state index contributed by atoms with van der Waals surface area (Å²) in [6.07, 6.45) is 6.18. The summed E-state index contributed by atoms with van der Waals surface area (Å²) < 4.78 is 1.54. The van der Waals surface area contributed by atoms with E-state index in [0.717, 1.165) is 5.56 Å². The molecule has 0 radical (unpaired) electrons. The lowest BCUT2D eigenvalue weighted by Crippen LogP contribution is -2.24. The quantitative estimate of drug-likeness (QED) is 0.514. The molecule has 0 aliphatic carbocycles. The molecule has 3 aromatic heterocycles. The molecule has 148 valence electrons. The number of benzene rings is 1. The number of hydrogen-bond acceptors (Lipinski definition) is 6. The Morgan fingerprint density at radius 3 is 2.47 bits per heavy atom. The number of nitrogens with one attached hydrogen (secondary N) is 2. The van der Waals surface area contributed by atoms with Gasteiger partial charge in [-0.15, -0.1) is 0 Å². The van der Waals surface area contributed by atoms with Gasteiger partial charge >= 0.3 is 0 Å². The van der Waals surface area contributed by atoms with Gasteiger partial charge in [-0.3, -0.25) is 14.6 Å². The van der Waals surface area contributed by atoms with Crippen LogP contribution in [0.1, 0.15) is 26.4 Å². The molecule has 0 aliphatic rings. The van der Waals surface area contributed by atoms with Gasteiger partial charge in [-0.25, -0.2) is 14.6 Å². The van der Waals surface area contributed by atoms with Gasteiger partial charge in [0.2, 0.25) is 0 Å². The minimum atomic E-state index is -0.315. The minimum Gasteiger partial charge on any atom is -0.348 e. The van der Waals surface area contributed by atoms with Gasteiger partial charge in [0.25, 0.3) is 11.8 Å². The number of carbonyl (C=O) groups excluding carboxylic acids is 2. The number of carbonyl (C=O) groups is 2. The molecule has 0 bridgehead atoms. The van der Waals surface area contributed by atoms with Gasteiger partial charge in [0.1, 0.15) is 18.3 Å². The maximum absolute atomic E-state index is 12.5. The normalized spacial score (nSPS) is 10.4. The Morgan fingerprint density at radius 2 is 1.73 bits per heavy atom. The molecular weight excluding hydrogens is 382 g/mol. The van der Waals surface area contributed by atoms with E-state index in [9.17, 15) is 9.59 Å². The molecule has 4 aromatic rings. The number of amides is 2. The molecular formula is C21H17N7O2. The summed E-state index contributed by atoms with van der Waals surface area (Å²) in [4.78, 5) is 36.9. The minimum absolute atomic E-state index is 0.244. The van der Waals surface area contributed by atoms with Crippen molar-refractivity contribution in [3.05, 3.63) is 96.5 Å². The number of aromatic nitrogens is 5. The topological polar surface area (TPSA) is 115 Å². The summed E-state index contributed by atoms with van der Waals surface area (Å²) in [6.45, 7) is 0.278. The Labute approximate surface area is 171 Å². The Morgan fingerprint density at radius 1 is 0.900 bits per heavy atom. The smallest absolute Gasteiger partial charge is 0.274 e. The molecule has 3 heterocycles. The van der Waals surface area contributed by atoms with Crippen molar-refractivity contribution in [3.8, 4) is 5.82 Å². The zero-order valence-corrected chi connectivity index (χ0v) is 15.8. The average Bonchev–Trinajstić information content (AvgIpc) is 3.33. The molecule has 4 rings (SSSR count). The van der Waals surface area contributed by atoms with Gasteiger partial charge in [-0.05, 0) is 42.5 Å². The van der Waals surface area contributed by atoms with E-state index in [1.807, 2.05) is 6.07 Å². The lowest BCUT2D eigenvalue weighted by Gasteiger charge is -2.10. The summed E-state index contributed by atoms with van der Waals surface area (Å²) >= 11 is 0. The molecule has 30 heavy (non-hydrogen) atoms. The number of nitrogens with zero attached hydrogens (tertiary/aromatic N) is 5. The summed E-state index contributed by atoms with van der Waals surface area (Å²) in [5, 5.41) is 9.69. The maximum atomic E-state index is 12.5. The highest BCUT2D eigenvalue weighted by atomic mass is 16.2. The Kier molecular flexibility index (Phi) is 5.52. The van der Waals surface area contributed by atoms with Gasteiger partial charge in [-0.2, -0.15) is 5.10 Å². The first-order valence-electron chi connectivity index (χ1n) is 9.10. The van der Waals surface area contributed by atoms with E-state index in [0.29, 0.717) is 22.8 Å². The number of anilines is 1. The van der Waals surface area contributed by atoms with Crippen LogP contribution in [0.25, 0.3) is 5.82 Å². The van der Waals surface area contributed by atoms with E-state index in [1.165, 1.54) is 6.33 Å². The molecule has 0 aliphatic heterocycles. The predicted molar refractivity (Wildman–Crippen MR) is 109 cm³/mol. The van der Waals surface area contributed by atoms with Gasteiger partial charge < -0.3 is 10.6 Å². The van der Waals surface area contributed by atoms with Crippen molar-refractivity contribution in [1.82, 2.24) is 30.0 Å². The second-order valence-corrected chi connectivity index (χ2v) is 6.26. The second-order valence-electron chi connectivity index (χ2n) is 6.26. The number of pyridine rings is 2. The Bertz CT molecular complexity index is 1140. The molecule has 0 spiro atoms. The molecule has 9 heteroatoms. The number of rotatable bonds is 6. The largest absolute Gasteiger partial charge is 0.348 e. The third-order valence-electron chi connectivity index (χ3n) is 4.25. The first kappa shape index (κ1) is 18.9. The molecule has 0 saturated carbocycles. The fourth-order valence-electron chi connectivity index (χ4n) is 2.77. The second kappa shape index (κ2) is 8.74.